The summed E-state index contributed by atoms with van der Waals surface area (Å²) >= 11 is 0. The fraction of sp³-hybridized carbons (Fsp3) is 0.467. The highest BCUT2D eigenvalue weighted by molar-refractivity contribution is 6.02. The van der Waals surface area contributed by atoms with E-state index in [1.165, 1.54) is 0 Å². The molecule has 1 unspecified atom stereocenters. The van der Waals surface area contributed by atoms with Crippen molar-refractivity contribution in [3.05, 3.63) is 29.3 Å². The second-order valence-corrected chi connectivity index (χ2v) is 5.38. The molecule has 0 radical (unpaired) electrons. The van der Waals surface area contributed by atoms with Crippen LogP contribution in [0.15, 0.2) is 18.2 Å². The van der Waals surface area contributed by atoms with Crippen molar-refractivity contribution in [3.63, 3.8) is 0 Å². The molecule has 1 atom stereocenters. The minimum atomic E-state index is -0.0126. The van der Waals surface area contributed by atoms with Crippen LogP contribution in [0.4, 0.5) is 5.69 Å². The van der Waals surface area contributed by atoms with E-state index < -0.39 is 0 Å². The number of hydrogen-bond acceptors (Lipinski definition) is 3. The van der Waals surface area contributed by atoms with Gasteiger partial charge in [-0.15, -0.1) is 0 Å². The molecule has 1 aromatic carbocycles. The maximum Gasteiger partial charge on any atom is 0.254 e. The molecule has 1 saturated heterocycles. The average molecular weight is 274 g/mol. The summed E-state index contributed by atoms with van der Waals surface area (Å²) in [7, 11) is 0. The number of rotatable bonds is 1. The SMILES string of the molecule is CC1CN(C(=O)c2ccc3c(c2)NC(=O)C3)CCCO1. The first kappa shape index (κ1) is 13.1. The molecule has 5 heteroatoms. The van der Waals surface area contributed by atoms with E-state index in [-0.39, 0.29) is 17.9 Å². The Labute approximate surface area is 117 Å². The van der Waals surface area contributed by atoms with Crippen molar-refractivity contribution in [2.45, 2.75) is 25.9 Å². The van der Waals surface area contributed by atoms with Gasteiger partial charge in [-0.05, 0) is 31.0 Å². The van der Waals surface area contributed by atoms with Crippen LogP contribution in [0.3, 0.4) is 0 Å². The van der Waals surface area contributed by atoms with Gasteiger partial charge in [-0.2, -0.15) is 0 Å². The molecular formula is C15H18N2O3. The summed E-state index contributed by atoms with van der Waals surface area (Å²) in [6.45, 7) is 4.01. The van der Waals surface area contributed by atoms with E-state index in [4.69, 9.17) is 4.74 Å². The van der Waals surface area contributed by atoms with Gasteiger partial charge in [0.15, 0.2) is 0 Å². The summed E-state index contributed by atoms with van der Waals surface area (Å²) in [5, 5.41) is 2.78. The lowest BCUT2D eigenvalue weighted by molar-refractivity contribution is -0.115. The van der Waals surface area contributed by atoms with E-state index >= 15 is 0 Å². The van der Waals surface area contributed by atoms with Crippen LogP contribution in [0.25, 0.3) is 0 Å². The van der Waals surface area contributed by atoms with Crippen molar-refractivity contribution in [1.82, 2.24) is 4.90 Å². The van der Waals surface area contributed by atoms with Gasteiger partial charge in [0, 0.05) is 30.9 Å². The van der Waals surface area contributed by atoms with Gasteiger partial charge in [0.2, 0.25) is 5.91 Å². The minimum absolute atomic E-state index is 0.00583. The van der Waals surface area contributed by atoms with Crippen molar-refractivity contribution < 1.29 is 14.3 Å². The van der Waals surface area contributed by atoms with Gasteiger partial charge < -0.3 is 15.0 Å². The second kappa shape index (κ2) is 5.25. The molecule has 0 aromatic heterocycles. The smallest absolute Gasteiger partial charge is 0.254 e. The van der Waals surface area contributed by atoms with E-state index in [2.05, 4.69) is 5.32 Å². The molecule has 5 nitrogen and oxygen atoms in total. The van der Waals surface area contributed by atoms with Gasteiger partial charge in [0.05, 0.1) is 12.5 Å². The number of ether oxygens (including phenoxy) is 1. The van der Waals surface area contributed by atoms with Crippen LogP contribution >= 0.6 is 0 Å². The van der Waals surface area contributed by atoms with E-state index in [1.54, 1.807) is 12.1 Å². The molecule has 0 spiro atoms. The Morgan fingerprint density at radius 2 is 2.30 bits per heavy atom. The molecule has 20 heavy (non-hydrogen) atoms. The van der Waals surface area contributed by atoms with Crippen LogP contribution in [0, 0.1) is 0 Å². The number of nitrogens with zero attached hydrogens (tertiary/aromatic N) is 1. The van der Waals surface area contributed by atoms with Crippen LogP contribution in [-0.2, 0) is 16.0 Å². The van der Waals surface area contributed by atoms with Gasteiger partial charge in [0.1, 0.15) is 0 Å². The van der Waals surface area contributed by atoms with Crippen molar-refractivity contribution >= 4 is 17.5 Å². The third-order valence-electron chi connectivity index (χ3n) is 3.72. The normalized spacial score (nSPS) is 22.1. The number of amides is 2. The molecule has 0 bridgehead atoms. The highest BCUT2D eigenvalue weighted by atomic mass is 16.5. The van der Waals surface area contributed by atoms with E-state index in [9.17, 15) is 9.59 Å². The zero-order valence-electron chi connectivity index (χ0n) is 11.5. The summed E-state index contributed by atoms with van der Waals surface area (Å²) in [6, 6.07) is 5.44. The zero-order chi connectivity index (χ0) is 14.1. The second-order valence-electron chi connectivity index (χ2n) is 5.38. The fourth-order valence-corrected chi connectivity index (χ4v) is 2.71. The highest BCUT2D eigenvalue weighted by Crippen LogP contribution is 2.25. The van der Waals surface area contributed by atoms with Crippen LogP contribution < -0.4 is 5.32 Å². The van der Waals surface area contributed by atoms with Crippen molar-refractivity contribution in [3.8, 4) is 0 Å². The number of nitrogens with one attached hydrogen (secondary N) is 1. The number of benzene rings is 1. The largest absolute Gasteiger partial charge is 0.377 e. The van der Waals surface area contributed by atoms with Crippen LogP contribution in [-0.4, -0.2) is 42.5 Å². The van der Waals surface area contributed by atoms with E-state index in [0.717, 1.165) is 17.7 Å². The Morgan fingerprint density at radius 3 is 3.15 bits per heavy atom. The number of hydrogen-bond donors (Lipinski definition) is 1. The highest BCUT2D eigenvalue weighted by Gasteiger charge is 2.23. The van der Waals surface area contributed by atoms with Crippen LogP contribution in [0.1, 0.15) is 29.3 Å². The summed E-state index contributed by atoms with van der Waals surface area (Å²) in [5.74, 6) is -0.00677. The van der Waals surface area contributed by atoms with Gasteiger partial charge in [-0.1, -0.05) is 6.07 Å². The molecule has 2 aliphatic heterocycles. The molecule has 3 rings (SSSR count). The standard InChI is InChI=1S/C15H18N2O3/c1-10-9-17(5-2-6-20-10)15(19)12-4-3-11-8-14(18)16-13(11)7-12/h3-4,7,10H,2,5-6,8-9H2,1H3,(H,16,18). The number of carbonyl (C=O) groups excluding carboxylic acids is 2. The predicted molar refractivity (Wildman–Crippen MR) is 74.7 cm³/mol. The quantitative estimate of drug-likeness (QED) is 0.843. The first-order valence-corrected chi connectivity index (χ1v) is 6.97. The molecule has 0 aliphatic carbocycles. The Morgan fingerprint density at radius 1 is 1.45 bits per heavy atom. The van der Waals surface area contributed by atoms with Crippen LogP contribution in [0.5, 0.6) is 0 Å². The number of anilines is 1. The lowest BCUT2D eigenvalue weighted by Gasteiger charge is -2.22. The van der Waals surface area contributed by atoms with E-state index in [0.29, 0.717) is 31.7 Å². The lowest BCUT2D eigenvalue weighted by Crippen LogP contribution is -2.35. The molecule has 2 amide bonds. The Kier molecular flexibility index (Phi) is 3.44. The Balaban J connectivity index is 1.80. The Hall–Kier alpha value is -1.88. The van der Waals surface area contributed by atoms with Gasteiger partial charge in [-0.25, -0.2) is 0 Å². The van der Waals surface area contributed by atoms with Crippen LogP contribution in [0.2, 0.25) is 0 Å². The summed E-state index contributed by atoms with van der Waals surface area (Å²) in [6.07, 6.45) is 1.33. The monoisotopic (exact) mass is 274 g/mol. The minimum Gasteiger partial charge on any atom is -0.377 e. The molecular weight excluding hydrogens is 256 g/mol. The molecule has 2 aliphatic rings. The van der Waals surface area contributed by atoms with Crippen molar-refractivity contribution in [1.29, 1.82) is 0 Å². The molecule has 1 aromatic rings. The molecule has 0 saturated carbocycles. The Bertz CT molecular complexity index is 556. The maximum absolute atomic E-state index is 12.5. The zero-order valence-corrected chi connectivity index (χ0v) is 11.5. The van der Waals surface area contributed by atoms with Gasteiger partial charge in [-0.3, -0.25) is 9.59 Å². The summed E-state index contributed by atoms with van der Waals surface area (Å²) < 4.78 is 5.56. The molecule has 1 fully saturated rings. The topological polar surface area (TPSA) is 58.6 Å². The van der Waals surface area contributed by atoms with Gasteiger partial charge >= 0.3 is 0 Å². The van der Waals surface area contributed by atoms with Gasteiger partial charge in [0.25, 0.3) is 5.91 Å². The number of fused-ring (bicyclic) bond motifs is 1. The fourth-order valence-electron chi connectivity index (χ4n) is 2.71. The predicted octanol–water partition coefficient (Wildman–Crippen LogP) is 1.43. The van der Waals surface area contributed by atoms with Crippen molar-refractivity contribution in [2.75, 3.05) is 25.0 Å². The van der Waals surface area contributed by atoms with Crippen molar-refractivity contribution in [2.24, 2.45) is 0 Å². The first-order chi connectivity index (χ1) is 9.63. The molecule has 1 N–H and O–H groups in total. The lowest BCUT2D eigenvalue weighted by atomic mass is 10.1. The molecule has 106 valence electrons. The summed E-state index contributed by atoms with van der Waals surface area (Å²) in [5.41, 5.74) is 2.35. The third-order valence-corrected chi connectivity index (χ3v) is 3.72. The third kappa shape index (κ3) is 2.54. The van der Waals surface area contributed by atoms with E-state index in [1.807, 2.05) is 17.9 Å². The average Bonchev–Trinajstić information content (AvgIpc) is 2.65. The molecule has 2 heterocycles. The number of carbonyl (C=O) groups is 2. The summed E-state index contributed by atoms with van der Waals surface area (Å²) in [4.78, 5) is 25.7. The maximum atomic E-state index is 12.5. The first-order valence-electron chi connectivity index (χ1n) is 6.97.